The molecule has 1 aliphatic rings. The van der Waals surface area contributed by atoms with Gasteiger partial charge >= 0.3 is 18.0 Å². The summed E-state index contributed by atoms with van der Waals surface area (Å²) in [6, 6.07) is 12.3. The predicted molar refractivity (Wildman–Crippen MR) is 117 cm³/mol. The highest BCUT2D eigenvalue weighted by Crippen LogP contribution is 2.25. The van der Waals surface area contributed by atoms with Crippen molar-refractivity contribution >= 4 is 30.0 Å². The molecule has 10 nitrogen and oxygen atoms in total. The second-order valence-corrected chi connectivity index (χ2v) is 7.14. The Balaban J connectivity index is 1.46. The number of ether oxygens (including phenoxy) is 2. The van der Waals surface area contributed by atoms with Crippen LogP contribution in [0, 0.1) is 0 Å². The van der Waals surface area contributed by atoms with E-state index in [1.165, 1.54) is 25.3 Å². The fourth-order valence-corrected chi connectivity index (χ4v) is 3.26. The third kappa shape index (κ3) is 4.60. The van der Waals surface area contributed by atoms with Crippen LogP contribution in [0.15, 0.2) is 63.1 Å². The number of hydrogen-bond acceptors (Lipinski definition) is 8. The summed E-state index contributed by atoms with van der Waals surface area (Å²) >= 11 is 0. The average molecular weight is 464 g/mol. The highest BCUT2D eigenvalue weighted by atomic mass is 16.5. The van der Waals surface area contributed by atoms with Crippen LogP contribution < -0.4 is 5.32 Å². The topological polar surface area (TPSA) is 128 Å². The van der Waals surface area contributed by atoms with E-state index < -0.39 is 23.9 Å². The number of imide groups is 1. The molecule has 1 N–H and O–H groups in total. The average Bonchev–Trinajstić information content (AvgIpc) is 3.56. The molecule has 0 bridgehead atoms. The molecule has 174 valence electrons. The first-order chi connectivity index (χ1) is 16.4. The van der Waals surface area contributed by atoms with E-state index >= 15 is 0 Å². The molecule has 1 aliphatic heterocycles. The van der Waals surface area contributed by atoms with Crippen molar-refractivity contribution in [1.82, 2.24) is 10.2 Å². The minimum absolute atomic E-state index is 0.0290. The van der Waals surface area contributed by atoms with Gasteiger partial charge in [-0.15, -0.1) is 0 Å². The number of carbonyl (C=O) groups is 4. The van der Waals surface area contributed by atoms with Gasteiger partial charge in [-0.3, -0.25) is 9.69 Å². The Hall–Kier alpha value is -4.60. The predicted octanol–water partition coefficient (Wildman–Crippen LogP) is 3.60. The number of furan rings is 2. The first-order valence-corrected chi connectivity index (χ1v) is 10.3. The molecular formula is C24H20N2O8. The fourth-order valence-electron chi connectivity index (χ4n) is 3.26. The van der Waals surface area contributed by atoms with E-state index in [4.69, 9.17) is 13.6 Å². The van der Waals surface area contributed by atoms with E-state index in [9.17, 15) is 19.2 Å². The molecule has 0 radical (unpaired) electrons. The van der Waals surface area contributed by atoms with E-state index in [2.05, 4.69) is 10.1 Å². The lowest BCUT2D eigenvalue weighted by molar-refractivity contribution is -0.123. The summed E-state index contributed by atoms with van der Waals surface area (Å²) in [4.78, 5) is 49.2. The maximum Gasteiger partial charge on any atom is 0.373 e. The maximum absolute atomic E-state index is 12.7. The monoisotopic (exact) mass is 464 g/mol. The van der Waals surface area contributed by atoms with Gasteiger partial charge in [0.1, 0.15) is 23.0 Å². The zero-order valence-electron chi connectivity index (χ0n) is 18.3. The van der Waals surface area contributed by atoms with Crippen LogP contribution in [0.4, 0.5) is 4.79 Å². The molecule has 0 saturated carbocycles. The summed E-state index contributed by atoms with van der Waals surface area (Å²) in [5, 5.41) is 2.50. The number of rotatable bonds is 7. The Morgan fingerprint density at radius 3 is 2.47 bits per heavy atom. The first kappa shape index (κ1) is 22.6. The van der Waals surface area contributed by atoms with Gasteiger partial charge in [0.2, 0.25) is 5.76 Å². The number of urea groups is 1. The van der Waals surface area contributed by atoms with E-state index in [0.29, 0.717) is 23.7 Å². The Labute approximate surface area is 193 Å². The van der Waals surface area contributed by atoms with Crippen molar-refractivity contribution in [3.05, 3.63) is 77.1 Å². The van der Waals surface area contributed by atoms with Gasteiger partial charge in [0, 0.05) is 11.6 Å². The van der Waals surface area contributed by atoms with E-state index in [-0.39, 0.29) is 23.8 Å². The number of carbonyl (C=O) groups excluding carboxylic acids is 4. The highest BCUT2D eigenvalue weighted by Gasteiger charge is 2.34. The lowest BCUT2D eigenvalue weighted by Gasteiger charge is -2.09. The molecule has 1 saturated heterocycles. The van der Waals surface area contributed by atoms with Crippen LogP contribution in [0.3, 0.4) is 0 Å². The van der Waals surface area contributed by atoms with Crippen LogP contribution in [0.1, 0.15) is 39.4 Å². The Bertz CT molecular complexity index is 1280. The van der Waals surface area contributed by atoms with Crippen LogP contribution in [0.5, 0.6) is 0 Å². The molecule has 10 heteroatoms. The fraction of sp³-hybridized carbons (Fsp3) is 0.167. The molecule has 1 fully saturated rings. The number of nitrogens with one attached hydrogen (secondary N) is 1. The largest absolute Gasteiger partial charge is 0.463 e. The lowest BCUT2D eigenvalue weighted by atomic mass is 10.1. The normalized spacial score (nSPS) is 14.4. The minimum atomic E-state index is -0.659. The van der Waals surface area contributed by atoms with Crippen LogP contribution in [0.2, 0.25) is 0 Å². The Kier molecular flexibility index (Phi) is 6.30. The zero-order valence-corrected chi connectivity index (χ0v) is 18.3. The zero-order chi connectivity index (χ0) is 24.2. The van der Waals surface area contributed by atoms with Crippen molar-refractivity contribution in [3.63, 3.8) is 0 Å². The van der Waals surface area contributed by atoms with Crippen molar-refractivity contribution < 1.29 is 37.5 Å². The molecule has 0 atom stereocenters. The number of benzene rings is 1. The standard InChI is InChI=1S/C24H20N2O8/c1-3-32-22(28)15-6-4-14(5-7-15)19-10-8-16(33-19)12-18-21(27)26(24(30)25-18)13-17-9-11-20(34-17)23(29)31-2/h4-12H,3,13H2,1-2H3,(H,25,30). The van der Waals surface area contributed by atoms with Gasteiger partial charge in [-0.05, 0) is 43.3 Å². The summed E-state index contributed by atoms with van der Waals surface area (Å²) in [5.41, 5.74) is 1.18. The molecule has 4 rings (SSSR count). The lowest BCUT2D eigenvalue weighted by Crippen LogP contribution is -2.30. The van der Waals surface area contributed by atoms with Crippen molar-refractivity contribution in [2.24, 2.45) is 0 Å². The van der Waals surface area contributed by atoms with Crippen LogP contribution >= 0.6 is 0 Å². The van der Waals surface area contributed by atoms with Gasteiger partial charge in [-0.25, -0.2) is 14.4 Å². The molecule has 0 spiro atoms. The molecule has 2 aromatic heterocycles. The second-order valence-electron chi connectivity index (χ2n) is 7.14. The molecule has 3 heterocycles. The first-order valence-electron chi connectivity index (χ1n) is 10.3. The van der Waals surface area contributed by atoms with Crippen molar-refractivity contribution in [2.75, 3.05) is 13.7 Å². The third-order valence-corrected chi connectivity index (χ3v) is 4.92. The smallest absolute Gasteiger partial charge is 0.373 e. The number of esters is 2. The summed E-state index contributed by atoms with van der Waals surface area (Å²) in [7, 11) is 1.22. The van der Waals surface area contributed by atoms with Gasteiger partial charge in [0.25, 0.3) is 5.91 Å². The maximum atomic E-state index is 12.7. The minimum Gasteiger partial charge on any atom is -0.463 e. The summed E-state index contributed by atoms with van der Waals surface area (Å²) in [6.07, 6.45) is 1.42. The molecular weight excluding hydrogens is 444 g/mol. The van der Waals surface area contributed by atoms with Crippen LogP contribution in [-0.4, -0.2) is 42.5 Å². The van der Waals surface area contributed by atoms with Crippen molar-refractivity contribution in [2.45, 2.75) is 13.5 Å². The van der Waals surface area contributed by atoms with Gasteiger partial charge in [-0.1, -0.05) is 12.1 Å². The van der Waals surface area contributed by atoms with Crippen molar-refractivity contribution in [3.8, 4) is 11.3 Å². The third-order valence-electron chi connectivity index (χ3n) is 4.92. The number of methoxy groups -OCH3 is 1. The molecule has 3 aromatic rings. The van der Waals surface area contributed by atoms with Crippen molar-refractivity contribution in [1.29, 1.82) is 0 Å². The van der Waals surface area contributed by atoms with Crippen LogP contribution in [-0.2, 0) is 20.8 Å². The highest BCUT2D eigenvalue weighted by molar-refractivity contribution is 6.13. The van der Waals surface area contributed by atoms with Gasteiger partial charge < -0.3 is 23.6 Å². The summed E-state index contributed by atoms with van der Waals surface area (Å²) in [6.45, 7) is 1.87. The van der Waals surface area contributed by atoms with Gasteiger partial charge in [-0.2, -0.15) is 0 Å². The molecule has 34 heavy (non-hydrogen) atoms. The number of amides is 3. The molecule has 3 amide bonds. The Morgan fingerprint density at radius 1 is 1.00 bits per heavy atom. The van der Waals surface area contributed by atoms with Crippen LogP contribution in [0.25, 0.3) is 17.4 Å². The molecule has 0 aliphatic carbocycles. The van der Waals surface area contributed by atoms with E-state index in [0.717, 1.165) is 10.5 Å². The second kappa shape index (κ2) is 9.49. The Morgan fingerprint density at radius 2 is 1.76 bits per heavy atom. The quantitative estimate of drug-likeness (QED) is 0.319. The summed E-state index contributed by atoms with van der Waals surface area (Å²) in [5.74, 6) is -0.556. The van der Waals surface area contributed by atoms with Gasteiger partial charge in [0.15, 0.2) is 0 Å². The molecule has 0 unspecified atom stereocenters. The SMILES string of the molecule is CCOC(=O)c1ccc(-c2ccc(C=C3NC(=O)N(Cc4ccc(C(=O)OC)o4)C3=O)o2)cc1. The van der Waals surface area contributed by atoms with Gasteiger partial charge in [0.05, 0.1) is 25.8 Å². The number of hydrogen-bond donors (Lipinski definition) is 1. The molecule has 1 aromatic carbocycles. The van der Waals surface area contributed by atoms with E-state index in [1.54, 1.807) is 43.3 Å². The number of nitrogens with zero attached hydrogens (tertiary/aromatic N) is 1. The van der Waals surface area contributed by atoms with E-state index in [1.807, 2.05) is 0 Å². The summed E-state index contributed by atoms with van der Waals surface area (Å²) < 4.78 is 20.6.